The molecule has 0 aromatic heterocycles. The van der Waals surface area contributed by atoms with Gasteiger partial charge >= 0.3 is 0 Å². The van der Waals surface area contributed by atoms with Crippen LogP contribution >= 0.6 is 0 Å². The molecule has 0 saturated heterocycles. The highest BCUT2D eigenvalue weighted by Crippen LogP contribution is 2.24. The number of nitrogens with one attached hydrogen (secondary N) is 1. The van der Waals surface area contributed by atoms with Gasteiger partial charge in [-0.05, 0) is 29.9 Å². The Balaban J connectivity index is 1.93. The molecule has 19 heavy (non-hydrogen) atoms. The third-order valence-electron chi connectivity index (χ3n) is 4.12. The molecular weight excluding hydrogens is 238 g/mol. The Morgan fingerprint density at radius 2 is 1.95 bits per heavy atom. The van der Waals surface area contributed by atoms with E-state index in [4.69, 9.17) is 4.74 Å². The third kappa shape index (κ3) is 4.03. The van der Waals surface area contributed by atoms with E-state index in [1.807, 2.05) is 0 Å². The van der Waals surface area contributed by atoms with Crippen molar-refractivity contribution in [1.29, 1.82) is 0 Å². The first kappa shape index (κ1) is 14.5. The molecule has 3 heteroatoms. The fourth-order valence-electron chi connectivity index (χ4n) is 2.96. The first-order valence-electron chi connectivity index (χ1n) is 7.25. The number of methoxy groups -OCH3 is 1. The summed E-state index contributed by atoms with van der Waals surface area (Å²) >= 11 is 0. The van der Waals surface area contributed by atoms with E-state index in [0.717, 1.165) is 13.0 Å². The number of hydrogen-bond acceptors (Lipinski definition) is 3. The standard InChI is InChI=1S/C16H25NO2/c1-19-12-15-8-3-2-6-13(15)10-17-16-9-5-4-7-14(16)11-18/h2-3,6,8,14,16-18H,4-5,7,9-12H2,1H3. The minimum absolute atomic E-state index is 0.303. The Morgan fingerprint density at radius 3 is 2.68 bits per heavy atom. The van der Waals surface area contributed by atoms with Crippen LogP contribution in [0.4, 0.5) is 0 Å². The molecule has 0 amide bonds. The van der Waals surface area contributed by atoms with Gasteiger partial charge in [-0.15, -0.1) is 0 Å². The average Bonchev–Trinajstić information content (AvgIpc) is 2.47. The second kappa shape index (κ2) is 7.63. The third-order valence-corrected chi connectivity index (χ3v) is 4.12. The zero-order valence-corrected chi connectivity index (χ0v) is 11.8. The molecule has 1 aliphatic rings. The number of ether oxygens (including phenoxy) is 1. The molecule has 0 radical (unpaired) electrons. The molecule has 2 N–H and O–H groups in total. The van der Waals surface area contributed by atoms with E-state index in [1.165, 1.54) is 30.4 Å². The number of aliphatic hydroxyl groups excluding tert-OH is 1. The van der Waals surface area contributed by atoms with E-state index in [0.29, 0.717) is 25.2 Å². The van der Waals surface area contributed by atoms with Crippen LogP contribution < -0.4 is 5.32 Å². The second-order valence-corrected chi connectivity index (χ2v) is 5.42. The second-order valence-electron chi connectivity index (χ2n) is 5.42. The molecule has 1 aromatic carbocycles. The summed E-state index contributed by atoms with van der Waals surface area (Å²) < 4.78 is 5.23. The van der Waals surface area contributed by atoms with Crippen molar-refractivity contribution in [3.05, 3.63) is 35.4 Å². The van der Waals surface area contributed by atoms with Crippen molar-refractivity contribution in [1.82, 2.24) is 5.32 Å². The highest BCUT2D eigenvalue weighted by molar-refractivity contribution is 5.26. The number of benzene rings is 1. The van der Waals surface area contributed by atoms with Gasteiger partial charge in [-0.3, -0.25) is 0 Å². The van der Waals surface area contributed by atoms with Gasteiger partial charge in [-0.1, -0.05) is 37.1 Å². The number of rotatable bonds is 6. The van der Waals surface area contributed by atoms with Gasteiger partial charge in [0.2, 0.25) is 0 Å². The van der Waals surface area contributed by atoms with Gasteiger partial charge in [0.25, 0.3) is 0 Å². The molecule has 0 heterocycles. The van der Waals surface area contributed by atoms with Crippen LogP contribution in [0.1, 0.15) is 36.8 Å². The van der Waals surface area contributed by atoms with Gasteiger partial charge < -0.3 is 15.2 Å². The van der Waals surface area contributed by atoms with Crippen molar-refractivity contribution in [2.45, 2.75) is 44.9 Å². The van der Waals surface area contributed by atoms with E-state index in [2.05, 4.69) is 29.6 Å². The maximum Gasteiger partial charge on any atom is 0.0716 e. The van der Waals surface area contributed by atoms with Gasteiger partial charge in [0.15, 0.2) is 0 Å². The van der Waals surface area contributed by atoms with E-state index in [-0.39, 0.29) is 0 Å². The average molecular weight is 263 g/mol. The largest absolute Gasteiger partial charge is 0.396 e. The Labute approximate surface area is 116 Å². The van der Waals surface area contributed by atoms with Gasteiger partial charge in [-0.2, -0.15) is 0 Å². The Morgan fingerprint density at radius 1 is 1.21 bits per heavy atom. The zero-order valence-electron chi connectivity index (χ0n) is 11.8. The molecule has 2 rings (SSSR count). The Hall–Kier alpha value is -0.900. The van der Waals surface area contributed by atoms with Crippen molar-refractivity contribution >= 4 is 0 Å². The molecule has 0 aliphatic heterocycles. The molecule has 106 valence electrons. The van der Waals surface area contributed by atoms with E-state index < -0.39 is 0 Å². The topological polar surface area (TPSA) is 41.5 Å². The van der Waals surface area contributed by atoms with Crippen LogP contribution in [0.2, 0.25) is 0 Å². The molecule has 3 nitrogen and oxygen atoms in total. The molecule has 0 bridgehead atoms. The van der Waals surface area contributed by atoms with Crippen molar-refractivity contribution < 1.29 is 9.84 Å². The van der Waals surface area contributed by atoms with Gasteiger partial charge in [0.1, 0.15) is 0 Å². The predicted molar refractivity (Wildman–Crippen MR) is 76.8 cm³/mol. The fourth-order valence-corrected chi connectivity index (χ4v) is 2.96. The lowest BCUT2D eigenvalue weighted by atomic mass is 9.85. The van der Waals surface area contributed by atoms with Crippen molar-refractivity contribution in [3.8, 4) is 0 Å². The summed E-state index contributed by atoms with van der Waals surface area (Å²) in [4.78, 5) is 0. The molecule has 1 aromatic rings. The van der Waals surface area contributed by atoms with Crippen molar-refractivity contribution in [2.24, 2.45) is 5.92 Å². The Bertz CT molecular complexity index is 381. The first-order valence-corrected chi connectivity index (χ1v) is 7.25. The quantitative estimate of drug-likeness (QED) is 0.828. The summed E-state index contributed by atoms with van der Waals surface area (Å²) in [6.45, 7) is 1.82. The molecular formula is C16H25NO2. The minimum Gasteiger partial charge on any atom is -0.396 e. The van der Waals surface area contributed by atoms with Crippen LogP contribution in [-0.4, -0.2) is 24.9 Å². The molecule has 1 fully saturated rings. The minimum atomic E-state index is 0.303. The maximum absolute atomic E-state index is 9.44. The van der Waals surface area contributed by atoms with Gasteiger partial charge in [0, 0.05) is 26.3 Å². The number of aliphatic hydroxyl groups is 1. The lowest BCUT2D eigenvalue weighted by Crippen LogP contribution is -2.39. The summed E-state index contributed by atoms with van der Waals surface area (Å²) in [5.41, 5.74) is 2.54. The van der Waals surface area contributed by atoms with Gasteiger partial charge in [-0.25, -0.2) is 0 Å². The van der Waals surface area contributed by atoms with E-state index in [9.17, 15) is 5.11 Å². The van der Waals surface area contributed by atoms with Crippen LogP contribution in [0.15, 0.2) is 24.3 Å². The van der Waals surface area contributed by atoms with Crippen molar-refractivity contribution in [3.63, 3.8) is 0 Å². The molecule has 0 spiro atoms. The van der Waals surface area contributed by atoms with Crippen LogP contribution in [0.3, 0.4) is 0 Å². The molecule has 1 saturated carbocycles. The highest BCUT2D eigenvalue weighted by Gasteiger charge is 2.23. The van der Waals surface area contributed by atoms with E-state index in [1.54, 1.807) is 7.11 Å². The summed E-state index contributed by atoms with van der Waals surface area (Å²) in [5.74, 6) is 0.420. The van der Waals surface area contributed by atoms with Crippen molar-refractivity contribution in [2.75, 3.05) is 13.7 Å². The van der Waals surface area contributed by atoms with Gasteiger partial charge in [0.05, 0.1) is 6.61 Å². The Kier molecular flexibility index (Phi) is 5.83. The maximum atomic E-state index is 9.44. The van der Waals surface area contributed by atoms with Crippen LogP contribution in [-0.2, 0) is 17.9 Å². The summed E-state index contributed by atoms with van der Waals surface area (Å²) in [6.07, 6.45) is 4.85. The van der Waals surface area contributed by atoms with Crippen LogP contribution in [0.5, 0.6) is 0 Å². The number of hydrogen-bond donors (Lipinski definition) is 2. The lowest BCUT2D eigenvalue weighted by Gasteiger charge is -2.31. The smallest absolute Gasteiger partial charge is 0.0716 e. The zero-order chi connectivity index (χ0) is 13.5. The fraction of sp³-hybridized carbons (Fsp3) is 0.625. The molecule has 2 unspecified atom stereocenters. The van der Waals surface area contributed by atoms with Crippen LogP contribution in [0, 0.1) is 5.92 Å². The molecule has 1 aliphatic carbocycles. The molecule has 2 atom stereocenters. The predicted octanol–water partition coefficient (Wildman–Crippen LogP) is 2.47. The van der Waals surface area contributed by atoms with Crippen LogP contribution in [0.25, 0.3) is 0 Å². The summed E-state index contributed by atoms with van der Waals surface area (Å²) in [7, 11) is 1.73. The summed E-state index contributed by atoms with van der Waals surface area (Å²) in [6, 6.07) is 8.84. The van der Waals surface area contributed by atoms with E-state index >= 15 is 0 Å². The first-order chi connectivity index (χ1) is 9.35. The monoisotopic (exact) mass is 263 g/mol. The lowest BCUT2D eigenvalue weighted by molar-refractivity contribution is 0.152. The SMILES string of the molecule is COCc1ccccc1CNC1CCCCC1CO. The normalized spacial score (nSPS) is 23.5. The summed E-state index contributed by atoms with van der Waals surface area (Å²) in [5, 5.41) is 13.1. The highest BCUT2D eigenvalue weighted by atomic mass is 16.5.